The van der Waals surface area contributed by atoms with Gasteiger partial charge in [0.25, 0.3) is 5.91 Å². The average Bonchev–Trinajstić information content (AvgIpc) is 2.73. The SMILES string of the molecule is CC(=O)c1ccc2c(c1)N(CCC(=O)Nc1cccc3cccnc13)C(=O)CO2. The Labute approximate surface area is 167 Å². The van der Waals surface area contributed by atoms with Crippen molar-refractivity contribution in [3.05, 3.63) is 60.3 Å². The summed E-state index contributed by atoms with van der Waals surface area (Å²) in [4.78, 5) is 42.4. The Hall–Kier alpha value is -3.74. The highest BCUT2D eigenvalue weighted by atomic mass is 16.5. The van der Waals surface area contributed by atoms with Crippen LogP contribution >= 0.6 is 0 Å². The molecular formula is C22H19N3O4. The Morgan fingerprint density at radius 1 is 1.17 bits per heavy atom. The van der Waals surface area contributed by atoms with Gasteiger partial charge in [-0.1, -0.05) is 18.2 Å². The number of nitrogens with zero attached hydrogens (tertiary/aromatic N) is 2. The maximum absolute atomic E-state index is 12.5. The van der Waals surface area contributed by atoms with Crippen molar-refractivity contribution in [1.29, 1.82) is 0 Å². The minimum atomic E-state index is -0.252. The largest absolute Gasteiger partial charge is 0.482 e. The lowest BCUT2D eigenvalue weighted by Crippen LogP contribution is -2.40. The third kappa shape index (κ3) is 3.80. The van der Waals surface area contributed by atoms with Crippen molar-refractivity contribution in [2.45, 2.75) is 13.3 Å². The van der Waals surface area contributed by atoms with Crippen LogP contribution in [0.2, 0.25) is 0 Å². The molecule has 4 rings (SSSR count). The van der Waals surface area contributed by atoms with Crippen LogP contribution < -0.4 is 15.0 Å². The molecule has 0 atom stereocenters. The van der Waals surface area contributed by atoms with Crippen molar-refractivity contribution < 1.29 is 19.1 Å². The fourth-order valence-electron chi connectivity index (χ4n) is 3.30. The second kappa shape index (κ2) is 7.71. The first-order chi connectivity index (χ1) is 14.0. The summed E-state index contributed by atoms with van der Waals surface area (Å²) >= 11 is 0. The van der Waals surface area contributed by atoms with Crippen LogP contribution in [0.25, 0.3) is 10.9 Å². The first kappa shape index (κ1) is 18.6. The van der Waals surface area contributed by atoms with E-state index in [0.29, 0.717) is 28.2 Å². The minimum absolute atomic E-state index is 0.0959. The van der Waals surface area contributed by atoms with Gasteiger partial charge in [-0.15, -0.1) is 0 Å². The van der Waals surface area contributed by atoms with Crippen LogP contribution in [0.1, 0.15) is 23.7 Å². The van der Waals surface area contributed by atoms with E-state index in [1.807, 2.05) is 24.3 Å². The van der Waals surface area contributed by atoms with Crippen molar-refractivity contribution in [3.63, 3.8) is 0 Å². The molecule has 2 aromatic carbocycles. The molecule has 0 spiro atoms. The molecule has 1 N–H and O–H groups in total. The summed E-state index contributed by atoms with van der Waals surface area (Å²) in [5.74, 6) is -0.0650. The summed E-state index contributed by atoms with van der Waals surface area (Å²) in [6.45, 7) is 1.55. The zero-order chi connectivity index (χ0) is 20.4. The summed E-state index contributed by atoms with van der Waals surface area (Å²) in [6.07, 6.45) is 1.77. The number of anilines is 2. The van der Waals surface area contributed by atoms with E-state index in [2.05, 4.69) is 10.3 Å². The predicted octanol–water partition coefficient (Wildman–Crippen LogP) is 3.19. The summed E-state index contributed by atoms with van der Waals surface area (Å²) in [6, 6.07) is 14.3. The fourth-order valence-corrected chi connectivity index (χ4v) is 3.30. The van der Waals surface area contributed by atoms with Crippen LogP contribution in [0.15, 0.2) is 54.7 Å². The molecule has 1 aliphatic rings. The Morgan fingerprint density at radius 2 is 2.00 bits per heavy atom. The number of para-hydroxylation sites is 1. The summed E-state index contributed by atoms with van der Waals surface area (Å²) in [5.41, 5.74) is 2.33. The van der Waals surface area contributed by atoms with Crippen molar-refractivity contribution in [3.8, 4) is 5.75 Å². The highest BCUT2D eigenvalue weighted by molar-refractivity contribution is 6.03. The molecule has 3 aromatic rings. The molecule has 2 amide bonds. The van der Waals surface area contributed by atoms with E-state index in [4.69, 9.17) is 4.74 Å². The van der Waals surface area contributed by atoms with Crippen LogP contribution in [0, 0.1) is 0 Å². The smallest absolute Gasteiger partial charge is 0.265 e. The number of carbonyl (C=O) groups excluding carboxylic acids is 3. The molecule has 1 aliphatic heterocycles. The second-order valence-electron chi connectivity index (χ2n) is 6.75. The second-order valence-corrected chi connectivity index (χ2v) is 6.75. The predicted molar refractivity (Wildman–Crippen MR) is 109 cm³/mol. The Morgan fingerprint density at radius 3 is 2.83 bits per heavy atom. The standard InChI is InChI=1S/C22H19N3O4/c1-14(26)16-7-8-19-18(12-16)25(21(28)13-29-19)11-9-20(27)24-17-6-2-4-15-5-3-10-23-22(15)17/h2-8,10,12H,9,11,13H2,1H3,(H,24,27). The minimum Gasteiger partial charge on any atom is -0.482 e. The zero-order valence-corrected chi connectivity index (χ0v) is 15.8. The maximum atomic E-state index is 12.5. The van der Waals surface area contributed by atoms with Crippen molar-refractivity contribution in [2.75, 3.05) is 23.4 Å². The monoisotopic (exact) mass is 389 g/mol. The van der Waals surface area contributed by atoms with Gasteiger partial charge < -0.3 is 15.0 Å². The molecular weight excluding hydrogens is 370 g/mol. The average molecular weight is 389 g/mol. The van der Waals surface area contributed by atoms with Crippen LogP contribution in [0.3, 0.4) is 0 Å². The topological polar surface area (TPSA) is 88.6 Å². The number of ether oxygens (including phenoxy) is 1. The number of ketones is 1. The van der Waals surface area contributed by atoms with Crippen molar-refractivity contribution >= 4 is 39.9 Å². The zero-order valence-electron chi connectivity index (χ0n) is 15.8. The molecule has 0 saturated carbocycles. The third-order valence-electron chi connectivity index (χ3n) is 4.78. The number of rotatable bonds is 5. The number of nitrogens with one attached hydrogen (secondary N) is 1. The lowest BCUT2D eigenvalue weighted by Gasteiger charge is -2.29. The number of Topliss-reactive ketones (excluding diaryl/α,β-unsaturated/α-hetero) is 1. The molecule has 2 heterocycles. The lowest BCUT2D eigenvalue weighted by molar-refractivity contribution is -0.121. The summed E-state index contributed by atoms with van der Waals surface area (Å²) < 4.78 is 5.44. The number of fused-ring (bicyclic) bond motifs is 2. The Bertz CT molecular complexity index is 1120. The first-order valence-corrected chi connectivity index (χ1v) is 9.24. The normalized spacial score (nSPS) is 13.0. The molecule has 1 aromatic heterocycles. The van der Waals surface area contributed by atoms with Gasteiger partial charge in [-0.2, -0.15) is 0 Å². The van der Waals surface area contributed by atoms with E-state index >= 15 is 0 Å². The van der Waals surface area contributed by atoms with Crippen LogP contribution in [0.4, 0.5) is 11.4 Å². The van der Waals surface area contributed by atoms with Gasteiger partial charge in [-0.25, -0.2) is 0 Å². The lowest BCUT2D eigenvalue weighted by atomic mass is 10.1. The number of hydrogen-bond donors (Lipinski definition) is 1. The molecule has 146 valence electrons. The van der Waals surface area contributed by atoms with Gasteiger partial charge in [0.15, 0.2) is 12.4 Å². The van der Waals surface area contributed by atoms with E-state index < -0.39 is 0 Å². The van der Waals surface area contributed by atoms with E-state index in [0.717, 1.165) is 5.39 Å². The number of pyridine rings is 1. The van der Waals surface area contributed by atoms with Gasteiger partial charge in [0, 0.05) is 30.1 Å². The number of carbonyl (C=O) groups is 3. The van der Waals surface area contributed by atoms with Gasteiger partial charge in [-0.05, 0) is 37.3 Å². The van der Waals surface area contributed by atoms with E-state index in [1.165, 1.54) is 11.8 Å². The van der Waals surface area contributed by atoms with Crippen LogP contribution in [0.5, 0.6) is 5.75 Å². The molecule has 0 fully saturated rings. The van der Waals surface area contributed by atoms with Gasteiger partial charge >= 0.3 is 0 Å². The number of aromatic nitrogens is 1. The van der Waals surface area contributed by atoms with Crippen molar-refractivity contribution in [1.82, 2.24) is 4.98 Å². The van der Waals surface area contributed by atoms with Gasteiger partial charge in [0.05, 0.1) is 16.9 Å². The number of benzene rings is 2. The fraction of sp³-hybridized carbons (Fsp3) is 0.182. The molecule has 0 unspecified atom stereocenters. The summed E-state index contributed by atoms with van der Waals surface area (Å²) in [5, 5.41) is 3.80. The van der Waals surface area contributed by atoms with Gasteiger partial charge in [0.1, 0.15) is 5.75 Å². The molecule has 0 bridgehead atoms. The number of amides is 2. The van der Waals surface area contributed by atoms with Crippen LogP contribution in [-0.2, 0) is 9.59 Å². The quantitative estimate of drug-likeness (QED) is 0.677. The number of hydrogen-bond acceptors (Lipinski definition) is 5. The van der Waals surface area contributed by atoms with Crippen LogP contribution in [-0.4, -0.2) is 35.7 Å². The molecule has 0 aliphatic carbocycles. The molecule has 7 heteroatoms. The summed E-state index contributed by atoms with van der Waals surface area (Å²) in [7, 11) is 0. The van der Waals surface area contributed by atoms with Crippen molar-refractivity contribution in [2.24, 2.45) is 0 Å². The molecule has 7 nitrogen and oxygen atoms in total. The van der Waals surface area contributed by atoms with Gasteiger partial charge in [0.2, 0.25) is 5.91 Å². The van der Waals surface area contributed by atoms with E-state index in [1.54, 1.807) is 30.5 Å². The molecule has 0 saturated heterocycles. The third-order valence-corrected chi connectivity index (χ3v) is 4.78. The highest BCUT2D eigenvalue weighted by Gasteiger charge is 2.26. The Kier molecular flexibility index (Phi) is 4.95. The van der Waals surface area contributed by atoms with Gasteiger partial charge in [-0.3, -0.25) is 19.4 Å². The maximum Gasteiger partial charge on any atom is 0.265 e. The van der Waals surface area contributed by atoms with E-state index in [9.17, 15) is 14.4 Å². The highest BCUT2D eigenvalue weighted by Crippen LogP contribution is 2.33. The Balaban J connectivity index is 1.50. The molecule has 29 heavy (non-hydrogen) atoms. The first-order valence-electron chi connectivity index (χ1n) is 9.24. The van der Waals surface area contributed by atoms with E-state index in [-0.39, 0.29) is 37.2 Å². The molecule has 0 radical (unpaired) electrons.